The van der Waals surface area contributed by atoms with Gasteiger partial charge in [0.15, 0.2) is 0 Å². The Morgan fingerprint density at radius 3 is 2.39 bits per heavy atom. The number of aromatic nitrogens is 2. The number of halogens is 1. The van der Waals surface area contributed by atoms with Crippen LogP contribution in [0.3, 0.4) is 0 Å². The molecule has 0 spiro atoms. The maximum atomic E-state index is 12.6. The van der Waals surface area contributed by atoms with Gasteiger partial charge < -0.3 is 9.30 Å². The van der Waals surface area contributed by atoms with Gasteiger partial charge in [-0.05, 0) is 41.3 Å². The lowest BCUT2D eigenvalue weighted by atomic mass is 10.1. The summed E-state index contributed by atoms with van der Waals surface area (Å²) in [6, 6.07) is 18.2. The highest BCUT2D eigenvalue weighted by Crippen LogP contribution is 2.30. The lowest BCUT2D eigenvalue weighted by Crippen LogP contribution is -2.48. The van der Waals surface area contributed by atoms with E-state index in [4.69, 9.17) is 16.6 Å². The topological polar surface area (TPSA) is 84.0 Å². The number of hydrogen-bond donors (Lipinski definition) is 0. The molecule has 5 rings (SSSR count). The van der Waals surface area contributed by atoms with Crippen LogP contribution in [0.5, 0.6) is 0 Å². The molecule has 3 heterocycles. The first-order chi connectivity index (χ1) is 18.3. The summed E-state index contributed by atoms with van der Waals surface area (Å²) in [6.07, 6.45) is 2.58. The average molecular weight is 532 g/mol. The highest BCUT2D eigenvalue weighted by atomic mass is 35.5. The lowest BCUT2D eigenvalue weighted by molar-refractivity contribution is -0.384. The van der Waals surface area contributed by atoms with Crippen molar-refractivity contribution in [1.29, 1.82) is 0 Å². The van der Waals surface area contributed by atoms with Crippen molar-refractivity contribution in [3.8, 4) is 22.4 Å². The van der Waals surface area contributed by atoms with E-state index >= 15 is 0 Å². The maximum absolute atomic E-state index is 12.6. The third kappa shape index (κ3) is 5.56. The first-order valence-corrected chi connectivity index (χ1v) is 13.2. The Bertz CT molecular complexity index is 1470. The van der Waals surface area contributed by atoms with E-state index in [2.05, 4.69) is 23.1 Å². The first kappa shape index (κ1) is 25.9. The van der Waals surface area contributed by atoms with E-state index in [0.29, 0.717) is 37.0 Å². The van der Waals surface area contributed by atoms with Crippen molar-refractivity contribution in [1.82, 2.24) is 19.2 Å². The average Bonchev–Trinajstić information content (AvgIpc) is 3.26. The number of amides is 1. The van der Waals surface area contributed by atoms with Crippen molar-refractivity contribution in [3.63, 3.8) is 0 Å². The molecule has 2 aromatic heterocycles. The minimum Gasteiger partial charge on any atom is -0.340 e. The second kappa shape index (κ2) is 10.9. The summed E-state index contributed by atoms with van der Waals surface area (Å²) in [4.78, 5) is 32.8. The van der Waals surface area contributed by atoms with Crippen molar-refractivity contribution in [2.45, 2.75) is 26.8 Å². The molecule has 0 aliphatic carbocycles. The summed E-state index contributed by atoms with van der Waals surface area (Å²) in [6.45, 7) is 7.76. The van der Waals surface area contributed by atoms with Gasteiger partial charge in [-0.3, -0.25) is 19.8 Å². The molecule has 38 heavy (non-hydrogen) atoms. The fourth-order valence-corrected chi connectivity index (χ4v) is 5.02. The molecule has 0 unspecified atom stereocenters. The van der Waals surface area contributed by atoms with Crippen molar-refractivity contribution >= 4 is 28.8 Å². The summed E-state index contributed by atoms with van der Waals surface area (Å²) in [5, 5.41) is 12.0. The second-order valence-corrected chi connectivity index (χ2v) is 10.6. The molecule has 9 heteroatoms. The Balaban J connectivity index is 1.49. The molecule has 0 bridgehead atoms. The van der Waals surface area contributed by atoms with Gasteiger partial charge in [0.2, 0.25) is 5.91 Å². The number of carbonyl (C=O) groups excluding carboxylic acids is 1. The normalized spacial score (nSPS) is 14.4. The Morgan fingerprint density at radius 1 is 1.00 bits per heavy atom. The third-order valence-electron chi connectivity index (χ3n) is 6.91. The van der Waals surface area contributed by atoms with Crippen LogP contribution in [0.4, 0.5) is 5.69 Å². The zero-order chi connectivity index (χ0) is 26.8. The number of rotatable bonds is 7. The summed E-state index contributed by atoms with van der Waals surface area (Å²) >= 11 is 6.15. The summed E-state index contributed by atoms with van der Waals surface area (Å²) in [7, 11) is 0. The minimum atomic E-state index is -0.380. The molecule has 0 radical (unpaired) electrons. The van der Waals surface area contributed by atoms with E-state index in [9.17, 15) is 14.9 Å². The molecule has 0 N–H and O–H groups in total. The van der Waals surface area contributed by atoms with Crippen LogP contribution in [0, 0.1) is 16.0 Å². The molecule has 4 aromatic rings. The van der Waals surface area contributed by atoms with Gasteiger partial charge in [-0.1, -0.05) is 49.7 Å². The monoisotopic (exact) mass is 531 g/mol. The quantitative estimate of drug-likeness (QED) is 0.218. The van der Waals surface area contributed by atoms with Crippen LogP contribution in [0.1, 0.15) is 26.0 Å². The van der Waals surface area contributed by atoms with Gasteiger partial charge in [-0.2, -0.15) is 0 Å². The number of carbonyl (C=O) groups is 1. The largest absolute Gasteiger partial charge is 0.340 e. The van der Waals surface area contributed by atoms with Gasteiger partial charge in [0.1, 0.15) is 5.65 Å². The molecule has 0 atom stereocenters. The number of benzene rings is 2. The summed E-state index contributed by atoms with van der Waals surface area (Å²) in [5.74, 6) is 0.568. The Hall–Kier alpha value is -3.75. The van der Waals surface area contributed by atoms with E-state index in [1.165, 1.54) is 6.07 Å². The van der Waals surface area contributed by atoms with Crippen LogP contribution >= 0.6 is 11.6 Å². The third-order valence-corrected chi connectivity index (χ3v) is 7.16. The fraction of sp³-hybridized carbons (Fsp3) is 0.310. The summed E-state index contributed by atoms with van der Waals surface area (Å²) < 4.78 is 2.08. The smallest absolute Gasteiger partial charge is 0.270 e. The maximum Gasteiger partial charge on any atom is 0.270 e. The molecule has 1 aliphatic heterocycles. The molecule has 1 aliphatic rings. The molecule has 1 amide bonds. The second-order valence-electron chi connectivity index (χ2n) is 10.1. The van der Waals surface area contributed by atoms with Crippen LogP contribution < -0.4 is 0 Å². The SMILES string of the molecule is CC(C)CC(=O)N1CCN(Cc2c(-c3ccc(Cl)cc3)nc3ccc(-c4cccc([N+](=O)[O-])c4)cn23)CC1. The minimum absolute atomic E-state index is 0.0557. The van der Waals surface area contributed by atoms with Crippen LogP contribution in [-0.4, -0.2) is 56.2 Å². The number of non-ortho nitro benzene ring substituents is 1. The standard InChI is InChI=1S/C29H30ClN5O3/c1-20(2)16-28(36)33-14-12-32(13-15-33)19-26-29(21-6-9-24(30)10-7-21)31-27-11-8-23(18-34(26)27)22-4-3-5-25(17-22)35(37)38/h3-11,17-18,20H,12-16,19H2,1-2H3. The Kier molecular flexibility index (Phi) is 7.44. The Morgan fingerprint density at radius 2 is 1.71 bits per heavy atom. The molecule has 8 nitrogen and oxygen atoms in total. The van der Waals surface area contributed by atoms with E-state index in [1.54, 1.807) is 12.1 Å². The predicted octanol–water partition coefficient (Wildman–Crippen LogP) is 5.92. The first-order valence-electron chi connectivity index (χ1n) is 12.8. The number of nitrogens with zero attached hydrogens (tertiary/aromatic N) is 5. The van der Waals surface area contributed by atoms with Gasteiger partial charge in [0, 0.05) is 68.1 Å². The van der Waals surface area contributed by atoms with Crippen LogP contribution in [0.2, 0.25) is 5.02 Å². The van der Waals surface area contributed by atoms with Gasteiger partial charge in [0.05, 0.1) is 16.3 Å². The van der Waals surface area contributed by atoms with Gasteiger partial charge in [-0.25, -0.2) is 4.98 Å². The van der Waals surface area contributed by atoms with E-state index in [-0.39, 0.29) is 16.5 Å². The number of piperazine rings is 1. The Labute approximate surface area is 226 Å². The number of pyridine rings is 1. The molecule has 1 saturated heterocycles. The number of nitro groups is 1. The van der Waals surface area contributed by atoms with Crippen molar-refractivity contribution in [2.75, 3.05) is 26.2 Å². The van der Waals surface area contributed by atoms with E-state index in [1.807, 2.05) is 53.6 Å². The van der Waals surface area contributed by atoms with Crippen LogP contribution in [0.25, 0.3) is 28.0 Å². The molecular weight excluding hydrogens is 502 g/mol. The highest BCUT2D eigenvalue weighted by Gasteiger charge is 2.24. The summed E-state index contributed by atoms with van der Waals surface area (Å²) in [5.41, 5.74) is 5.35. The van der Waals surface area contributed by atoms with E-state index < -0.39 is 0 Å². The number of hydrogen-bond acceptors (Lipinski definition) is 5. The zero-order valence-electron chi connectivity index (χ0n) is 21.5. The van der Waals surface area contributed by atoms with Gasteiger partial charge >= 0.3 is 0 Å². The van der Waals surface area contributed by atoms with Crippen LogP contribution in [-0.2, 0) is 11.3 Å². The predicted molar refractivity (Wildman–Crippen MR) is 149 cm³/mol. The molecule has 0 saturated carbocycles. The van der Waals surface area contributed by atoms with Gasteiger partial charge in [-0.15, -0.1) is 0 Å². The van der Waals surface area contributed by atoms with Gasteiger partial charge in [0.25, 0.3) is 5.69 Å². The fourth-order valence-electron chi connectivity index (χ4n) is 4.90. The number of imidazole rings is 1. The lowest BCUT2D eigenvalue weighted by Gasteiger charge is -2.35. The zero-order valence-corrected chi connectivity index (χ0v) is 22.3. The molecule has 1 fully saturated rings. The number of nitro benzene ring substituents is 1. The van der Waals surface area contributed by atoms with Crippen molar-refractivity contribution in [2.24, 2.45) is 5.92 Å². The number of fused-ring (bicyclic) bond motifs is 1. The van der Waals surface area contributed by atoms with Crippen molar-refractivity contribution < 1.29 is 9.72 Å². The van der Waals surface area contributed by atoms with Crippen molar-refractivity contribution in [3.05, 3.63) is 87.7 Å². The van der Waals surface area contributed by atoms with E-state index in [0.717, 1.165) is 46.8 Å². The molecule has 2 aromatic carbocycles. The highest BCUT2D eigenvalue weighted by molar-refractivity contribution is 6.30. The molecule has 196 valence electrons. The van der Waals surface area contributed by atoms with Crippen LogP contribution in [0.15, 0.2) is 66.9 Å². The molecular formula is C29H30ClN5O3.